The molecule has 0 aliphatic heterocycles. The predicted molar refractivity (Wildman–Crippen MR) is 86.8 cm³/mol. The van der Waals surface area contributed by atoms with Crippen molar-refractivity contribution in [3.8, 4) is 0 Å². The summed E-state index contributed by atoms with van der Waals surface area (Å²) in [7, 11) is 2.00. The van der Waals surface area contributed by atoms with Crippen LogP contribution in [-0.4, -0.2) is 19.5 Å². The Morgan fingerprint density at radius 2 is 2.14 bits per heavy atom. The van der Waals surface area contributed by atoms with Gasteiger partial charge in [0.25, 0.3) is 0 Å². The quantitative estimate of drug-likeness (QED) is 0.801. The number of aromatic nitrogens is 4. The molecule has 6 heteroatoms. The summed E-state index contributed by atoms with van der Waals surface area (Å²) in [6, 6.07) is 1.99. The van der Waals surface area contributed by atoms with Crippen LogP contribution in [0, 0.1) is 6.92 Å². The van der Waals surface area contributed by atoms with E-state index in [2.05, 4.69) is 36.1 Å². The standard InChI is InChI=1S/C15H19N5S/c1-9(2)13-10(3)21-12(19-13)7-16-15-14-11(17-8-18-15)5-6-20(14)4/h5-6,8-9H,7H2,1-4H3,(H,16,17,18). The van der Waals surface area contributed by atoms with E-state index in [4.69, 9.17) is 4.98 Å². The van der Waals surface area contributed by atoms with E-state index in [0.29, 0.717) is 12.5 Å². The van der Waals surface area contributed by atoms with Gasteiger partial charge in [0.15, 0.2) is 5.82 Å². The molecule has 0 radical (unpaired) electrons. The Labute approximate surface area is 128 Å². The molecule has 3 rings (SSSR count). The highest BCUT2D eigenvalue weighted by Gasteiger charge is 2.12. The minimum Gasteiger partial charge on any atom is -0.362 e. The summed E-state index contributed by atoms with van der Waals surface area (Å²) < 4.78 is 2.03. The molecule has 0 atom stereocenters. The summed E-state index contributed by atoms with van der Waals surface area (Å²) in [5.74, 6) is 1.32. The van der Waals surface area contributed by atoms with Crippen LogP contribution in [0.25, 0.3) is 11.0 Å². The van der Waals surface area contributed by atoms with Gasteiger partial charge in [-0.3, -0.25) is 0 Å². The van der Waals surface area contributed by atoms with Crippen molar-refractivity contribution in [2.75, 3.05) is 5.32 Å². The van der Waals surface area contributed by atoms with E-state index in [-0.39, 0.29) is 0 Å². The van der Waals surface area contributed by atoms with Gasteiger partial charge in [-0.1, -0.05) is 13.8 Å². The van der Waals surface area contributed by atoms with Crippen LogP contribution in [0.4, 0.5) is 5.82 Å². The maximum absolute atomic E-state index is 4.72. The number of aryl methyl sites for hydroxylation is 2. The molecule has 3 heterocycles. The zero-order chi connectivity index (χ0) is 15.0. The summed E-state index contributed by atoms with van der Waals surface area (Å²) in [5, 5.41) is 4.48. The SMILES string of the molecule is Cc1sc(CNc2ncnc3ccn(C)c23)nc1C(C)C. The van der Waals surface area contributed by atoms with Crippen LogP contribution in [0.3, 0.4) is 0 Å². The Kier molecular flexibility index (Phi) is 3.63. The van der Waals surface area contributed by atoms with E-state index in [0.717, 1.165) is 21.9 Å². The molecule has 0 unspecified atom stereocenters. The van der Waals surface area contributed by atoms with Gasteiger partial charge in [0.05, 0.1) is 17.8 Å². The van der Waals surface area contributed by atoms with Crippen LogP contribution in [-0.2, 0) is 13.6 Å². The largest absolute Gasteiger partial charge is 0.362 e. The van der Waals surface area contributed by atoms with Crippen molar-refractivity contribution in [3.05, 3.63) is 34.2 Å². The van der Waals surface area contributed by atoms with Gasteiger partial charge in [-0.25, -0.2) is 15.0 Å². The van der Waals surface area contributed by atoms with Crippen LogP contribution < -0.4 is 5.32 Å². The molecule has 110 valence electrons. The molecule has 0 bridgehead atoms. The smallest absolute Gasteiger partial charge is 0.154 e. The molecule has 21 heavy (non-hydrogen) atoms. The average Bonchev–Trinajstić information content (AvgIpc) is 3.01. The normalized spacial score (nSPS) is 11.5. The molecule has 0 aromatic carbocycles. The van der Waals surface area contributed by atoms with Crippen LogP contribution in [0.5, 0.6) is 0 Å². The van der Waals surface area contributed by atoms with Gasteiger partial charge in [-0.05, 0) is 18.9 Å². The molecule has 3 aromatic heterocycles. The predicted octanol–water partition coefficient (Wildman–Crippen LogP) is 3.47. The minimum absolute atomic E-state index is 0.466. The second kappa shape index (κ2) is 5.44. The summed E-state index contributed by atoms with van der Waals surface area (Å²) in [6.45, 7) is 7.18. The van der Waals surface area contributed by atoms with Gasteiger partial charge in [0, 0.05) is 18.1 Å². The van der Waals surface area contributed by atoms with Gasteiger partial charge in [-0.2, -0.15) is 0 Å². The summed E-state index contributed by atoms with van der Waals surface area (Å²) in [6.07, 6.45) is 3.59. The van der Waals surface area contributed by atoms with Crippen molar-refractivity contribution in [3.63, 3.8) is 0 Å². The van der Waals surface area contributed by atoms with Gasteiger partial charge in [0.1, 0.15) is 16.9 Å². The zero-order valence-corrected chi connectivity index (χ0v) is 13.5. The van der Waals surface area contributed by atoms with Crippen molar-refractivity contribution in [1.29, 1.82) is 0 Å². The Bertz CT molecular complexity index is 772. The fraction of sp³-hybridized carbons (Fsp3) is 0.400. The summed E-state index contributed by atoms with van der Waals surface area (Å²) in [4.78, 5) is 14.6. The van der Waals surface area contributed by atoms with Gasteiger partial charge in [-0.15, -0.1) is 11.3 Å². The lowest BCUT2D eigenvalue weighted by atomic mass is 10.1. The first-order chi connectivity index (χ1) is 10.1. The Balaban J connectivity index is 1.83. The molecule has 1 N–H and O–H groups in total. The van der Waals surface area contributed by atoms with E-state index in [1.54, 1.807) is 17.7 Å². The first-order valence-corrected chi connectivity index (χ1v) is 7.84. The third kappa shape index (κ3) is 2.63. The van der Waals surface area contributed by atoms with Crippen LogP contribution >= 0.6 is 11.3 Å². The maximum Gasteiger partial charge on any atom is 0.154 e. The molecule has 0 aliphatic rings. The van der Waals surface area contributed by atoms with E-state index in [1.165, 1.54) is 10.6 Å². The number of fused-ring (bicyclic) bond motifs is 1. The molecule has 0 aliphatic carbocycles. The minimum atomic E-state index is 0.466. The van der Waals surface area contributed by atoms with E-state index >= 15 is 0 Å². The lowest BCUT2D eigenvalue weighted by Crippen LogP contribution is -2.04. The summed E-state index contributed by atoms with van der Waals surface area (Å²) in [5.41, 5.74) is 3.17. The van der Waals surface area contributed by atoms with Crippen molar-refractivity contribution in [1.82, 2.24) is 19.5 Å². The fourth-order valence-electron chi connectivity index (χ4n) is 2.48. The number of nitrogens with one attached hydrogen (secondary N) is 1. The number of rotatable bonds is 4. The Morgan fingerprint density at radius 1 is 1.33 bits per heavy atom. The highest BCUT2D eigenvalue weighted by atomic mass is 32.1. The molecule has 3 aromatic rings. The number of nitrogens with zero attached hydrogens (tertiary/aromatic N) is 4. The maximum atomic E-state index is 4.72. The number of thiazole rings is 1. The Hall–Kier alpha value is -1.95. The molecular formula is C15H19N5S. The first-order valence-electron chi connectivity index (χ1n) is 7.02. The molecule has 0 saturated carbocycles. The van der Waals surface area contributed by atoms with Gasteiger partial charge in [0.2, 0.25) is 0 Å². The van der Waals surface area contributed by atoms with E-state index < -0.39 is 0 Å². The number of anilines is 1. The lowest BCUT2D eigenvalue weighted by molar-refractivity contribution is 0.816. The third-order valence-corrected chi connectivity index (χ3v) is 4.48. The first kappa shape index (κ1) is 14.0. The molecular weight excluding hydrogens is 282 g/mol. The lowest BCUT2D eigenvalue weighted by Gasteiger charge is -2.06. The topological polar surface area (TPSA) is 55.6 Å². The zero-order valence-electron chi connectivity index (χ0n) is 12.7. The van der Waals surface area contributed by atoms with Crippen LogP contribution in [0.2, 0.25) is 0 Å². The van der Waals surface area contributed by atoms with Crippen molar-refractivity contribution in [2.24, 2.45) is 7.05 Å². The second-order valence-corrected chi connectivity index (χ2v) is 6.73. The van der Waals surface area contributed by atoms with Crippen molar-refractivity contribution < 1.29 is 0 Å². The van der Waals surface area contributed by atoms with Crippen molar-refractivity contribution >= 4 is 28.2 Å². The Morgan fingerprint density at radius 3 is 2.86 bits per heavy atom. The molecule has 0 spiro atoms. The highest BCUT2D eigenvalue weighted by molar-refractivity contribution is 7.11. The molecule has 0 saturated heterocycles. The molecule has 0 fully saturated rings. The monoisotopic (exact) mass is 301 g/mol. The van der Waals surface area contributed by atoms with Gasteiger partial charge < -0.3 is 9.88 Å². The molecule has 0 amide bonds. The van der Waals surface area contributed by atoms with E-state index in [9.17, 15) is 0 Å². The van der Waals surface area contributed by atoms with Crippen LogP contribution in [0.15, 0.2) is 18.6 Å². The third-order valence-electron chi connectivity index (χ3n) is 3.49. The second-order valence-electron chi connectivity index (χ2n) is 5.44. The average molecular weight is 301 g/mol. The number of hydrogen-bond donors (Lipinski definition) is 1. The van der Waals surface area contributed by atoms with Gasteiger partial charge >= 0.3 is 0 Å². The summed E-state index contributed by atoms with van der Waals surface area (Å²) >= 11 is 1.75. The van der Waals surface area contributed by atoms with Crippen LogP contribution in [0.1, 0.15) is 35.3 Å². The van der Waals surface area contributed by atoms with Crippen molar-refractivity contribution in [2.45, 2.75) is 33.2 Å². The number of hydrogen-bond acceptors (Lipinski definition) is 5. The molecule has 5 nitrogen and oxygen atoms in total. The highest BCUT2D eigenvalue weighted by Crippen LogP contribution is 2.25. The van der Waals surface area contributed by atoms with E-state index in [1.807, 2.05) is 23.9 Å². The fourth-order valence-corrected chi connectivity index (χ4v) is 3.51.